The van der Waals surface area contributed by atoms with E-state index in [9.17, 15) is 0 Å². The van der Waals surface area contributed by atoms with Gasteiger partial charge in [-0.05, 0) is 73.4 Å². The van der Waals surface area contributed by atoms with E-state index in [0.29, 0.717) is 73.6 Å². The van der Waals surface area contributed by atoms with Crippen LogP contribution >= 0.6 is 7.82 Å². The molecule has 3 aromatic rings. The van der Waals surface area contributed by atoms with Crippen LogP contribution in [0.3, 0.4) is 0 Å². The molecule has 0 heterocycles. The van der Waals surface area contributed by atoms with E-state index in [1.54, 1.807) is 75.9 Å². The molecular formula is C48H69O10P. The van der Waals surface area contributed by atoms with Crippen molar-refractivity contribution in [3.63, 3.8) is 0 Å². The van der Waals surface area contributed by atoms with E-state index in [0.717, 1.165) is 16.7 Å². The maximum Gasteiger partial charge on any atom is 0.647 e. The van der Waals surface area contributed by atoms with Crippen molar-refractivity contribution in [2.24, 2.45) is 16.2 Å². The maximum atomic E-state index is 15.2. The van der Waals surface area contributed by atoms with Crippen LogP contribution in [0.2, 0.25) is 0 Å². The minimum Gasteiger partial charge on any atom is -0.496 e. The summed E-state index contributed by atoms with van der Waals surface area (Å²) >= 11 is 0. The Morgan fingerprint density at radius 1 is 0.458 bits per heavy atom. The Labute approximate surface area is 354 Å². The van der Waals surface area contributed by atoms with Gasteiger partial charge in [0, 0.05) is 53.2 Å². The van der Waals surface area contributed by atoms with E-state index in [4.69, 9.17) is 42.0 Å². The molecule has 59 heavy (non-hydrogen) atoms. The minimum absolute atomic E-state index is 0.241. The average Bonchev–Trinajstić information content (AvgIpc) is 3.15. The summed E-state index contributed by atoms with van der Waals surface area (Å²) in [7, 11) is 0.354. The number of methoxy groups -OCH3 is 3. The molecule has 0 amide bonds. The second kappa shape index (κ2) is 21.9. The van der Waals surface area contributed by atoms with Gasteiger partial charge in [0.05, 0.1) is 41.2 Å². The molecule has 0 aliphatic rings. The highest BCUT2D eigenvalue weighted by molar-refractivity contribution is 7.49. The Balaban J connectivity index is 2.25. The van der Waals surface area contributed by atoms with Gasteiger partial charge in [0.1, 0.15) is 34.5 Å². The third-order valence-electron chi connectivity index (χ3n) is 9.44. The van der Waals surface area contributed by atoms with Crippen LogP contribution < -0.4 is 13.6 Å². The first-order chi connectivity index (χ1) is 27.7. The van der Waals surface area contributed by atoms with Gasteiger partial charge < -0.3 is 42.0 Å². The van der Waals surface area contributed by atoms with Crippen LogP contribution in [-0.4, -0.2) is 61.0 Å². The number of hydrogen-bond acceptors (Lipinski definition) is 10. The molecule has 0 fully saturated rings. The fourth-order valence-electron chi connectivity index (χ4n) is 6.25. The van der Waals surface area contributed by atoms with E-state index in [1.165, 1.54) is 0 Å². The van der Waals surface area contributed by atoms with Crippen LogP contribution in [0.5, 0.6) is 17.2 Å². The largest absolute Gasteiger partial charge is 0.647 e. The highest BCUT2D eigenvalue weighted by atomic mass is 31.2. The van der Waals surface area contributed by atoms with Crippen LogP contribution in [0.15, 0.2) is 89.5 Å². The normalized spacial score (nSPS) is 13.8. The van der Waals surface area contributed by atoms with Gasteiger partial charge in [-0.25, -0.2) is 0 Å². The van der Waals surface area contributed by atoms with Gasteiger partial charge in [-0.3, -0.25) is 0 Å². The molecule has 0 saturated heterocycles. The lowest BCUT2D eigenvalue weighted by Gasteiger charge is -2.27. The van der Waals surface area contributed by atoms with Crippen LogP contribution in [0.4, 0.5) is 0 Å². The molecule has 3 aromatic carbocycles. The molecule has 10 nitrogen and oxygen atoms in total. The Bertz CT molecular complexity index is 1730. The molecule has 3 rings (SSSR count). The molecule has 0 spiro atoms. The number of hydrogen-bond donors (Lipinski definition) is 0. The molecule has 0 saturated carbocycles. The van der Waals surface area contributed by atoms with Crippen molar-refractivity contribution >= 4 is 25.1 Å². The van der Waals surface area contributed by atoms with Crippen LogP contribution in [0, 0.1) is 16.2 Å². The summed E-state index contributed by atoms with van der Waals surface area (Å²) in [6, 6.07) is 21.5. The molecule has 0 unspecified atom stereocenters. The monoisotopic (exact) mass is 836 g/mol. The van der Waals surface area contributed by atoms with Crippen molar-refractivity contribution < 1.29 is 46.6 Å². The van der Waals surface area contributed by atoms with Crippen LogP contribution in [-0.2, 0) is 33.0 Å². The third-order valence-corrected chi connectivity index (χ3v) is 10.7. The summed E-state index contributed by atoms with van der Waals surface area (Å²) in [6.07, 6.45) is 0. The first-order valence-electron chi connectivity index (χ1n) is 20.3. The summed E-state index contributed by atoms with van der Waals surface area (Å²) in [5.74, 6) is 2.63. The summed E-state index contributed by atoms with van der Waals surface area (Å²) in [6.45, 7) is 27.6. The van der Waals surface area contributed by atoms with Gasteiger partial charge in [-0.1, -0.05) is 98.7 Å². The maximum absolute atomic E-state index is 15.2. The van der Waals surface area contributed by atoms with Crippen LogP contribution in [0.1, 0.15) is 99.8 Å². The number of rotatable bonds is 21. The summed E-state index contributed by atoms with van der Waals surface area (Å²) in [4.78, 5) is 0. The highest BCUT2D eigenvalue weighted by Crippen LogP contribution is 2.51. The Morgan fingerprint density at radius 2 is 0.712 bits per heavy atom. The third kappa shape index (κ3) is 14.2. The van der Waals surface area contributed by atoms with Gasteiger partial charge >= 0.3 is 7.82 Å². The number of phosphoric ester groups is 1. The SMILES string of the molecule is CCOC/C(=C(/OC)c1cccc(OP(=O)(Oc2cccc(/C(OC)=C(\COCC)C(C)(C)C)c2)Oc2cccc(/C(OC)=C(\COCC)C(C)(C)C)c2)c1)C(C)(C)C. The molecule has 0 radical (unpaired) electrons. The lowest BCUT2D eigenvalue weighted by molar-refractivity contribution is 0.155. The standard InChI is InChI=1S/C48H69O10P/c1-16-53-31-40(46(4,5)6)43(50-13)34-22-19-25-37(28-34)56-59(49,57-38-26-20-23-35(29-38)44(51-14)41(32-54-17-2)47(7,8)9)58-39-27-21-24-36(30-39)45(52-15)42(33-55-18-3)48(10,11)12/h19-30H,16-18,31-33H2,1-15H3/b43-40-,44-41-,45-42-. The number of phosphoric acid groups is 1. The van der Waals surface area contributed by atoms with Crippen molar-refractivity contribution in [1.82, 2.24) is 0 Å². The van der Waals surface area contributed by atoms with Gasteiger partial charge in [-0.2, -0.15) is 4.57 Å². The topological polar surface area (TPSA) is 100 Å². The predicted molar refractivity (Wildman–Crippen MR) is 238 cm³/mol. The Morgan fingerprint density at radius 3 is 0.915 bits per heavy atom. The molecule has 326 valence electrons. The Kier molecular flexibility index (Phi) is 18.2. The molecule has 0 bridgehead atoms. The van der Waals surface area contributed by atoms with Crippen molar-refractivity contribution in [1.29, 1.82) is 0 Å². The molecular weight excluding hydrogens is 767 g/mol. The molecule has 0 N–H and O–H groups in total. The average molecular weight is 837 g/mol. The van der Waals surface area contributed by atoms with Crippen molar-refractivity contribution in [3.8, 4) is 17.2 Å². The highest BCUT2D eigenvalue weighted by Gasteiger charge is 2.35. The van der Waals surface area contributed by atoms with Crippen LogP contribution in [0.25, 0.3) is 17.3 Å². The summed E-state index contributed by atoms with van der Waals surface area (Å²) < 4.78 is 69.7. The zero-order valence-corrected chi connectivity index (χ0v) is 39.1. The smallest absolute Gasteiger partial charge is 0.496 e. The second-order valence-electron chi connectivity index (χ2n) is 17.0. The fourth-order valence-corrected chi connectivity index (χ4v) is 7.48. The summed E-state index contributed by atoms with van der Waals surface area (Å²) in [5.41, 5.74) is 4.20. The number of benzene rings is 3. The quantitative estimate of drug-likeness (QED) is 0.0761. The summed E-state index contributed by atoms with van der Waals surface area (Å²) in [5, 5.41) is 0. The lowest BCUT2D eigenvalue weighted by Crippen LogP contribution is -2.18. The lowest BCUT2D eigenvalue weighted by atomic mass is 9.84. The van der Waals surface area contributed by atoms with Crippen molar-refractivity contribution in [2.75, 3.05) is 61.0 Å². The van der Waals surface area contributed by atoms with E-state index >= 15 is 4.57 Å². The molecule has 0 atom stereocenters. The minimum atomic E-state index is -4.53. The van der Waals surface area contributed by atoms with E-state index in [1.807, 2.05) is 39.0 Å². The molecule has 0 aliphatic heterocycles. The van der Waals surface area contributed by atoms with Gasteiger partial charge in [0.15, 0.2) is 0 Å². The second-order valence-corrected chi connectivity index (χ2v) is 18.4. The van der Waals surface area contributed by atoms with Gasteiger partial charge in [-0.15, -0.1) is 0 Å². The first-order valence-corrected chi connectivity index (χ1v) is 21.8. The predicted octanol–water partition coefficient (Wildman–Crippen LogP) is 12.7. The molecule has 0 aromatic heterocycles. The fraction of sp³-hybridized carbons (Fsp3) is 0.500. The molecule has 11 heteroatoms. The van der Waals surface area contributed by atoms with Crippen molar-refractivity contribution in [3.05, 3.63) is 106 Å². The van der Waals surface area contributed by atoms with Crippen molar-refractivity contribution in [2.45, 2.75) is 83.1 Å². The van der Waals surface area contributed by atoms with E-state index < -0.39 is 7.82 Å². The van der Waals surface area contributed by atoms with E-state index in [2.05, 4.69) is 62.3 Å². The zero-order chi connectivity index (χ0) is 44.0. The van der Waals surface area contributed by atoms with E-state index in [-0.39, 0.29) is 33.5 Å². The number of ether oxygens (including phenoxy) is 6. The van der Waals surface area contributed by atoms with Gasteiger partial charge in [0.25, 0.3) is 0 Å². The zero-order valence-electron chi connectivity index (χ0n) is 38.2. The van der Waals surface area contributed by atoms with Gasteiger partial charge in [0.2, 0.25) is 0 Å². The Hall–Kier alpha value is -4.21. The molecule has 0 aliphatic carbocycles. The first kappa shape index (κ1) is 49.2.